The molecule has 4 heteroatoms. The lowest BCUT2D eigenvalue weighted by Crippen LogP contribution is -2.33. The summed E-state index contributed by atoms with van der Waals surface area (Å²) >= 11 is 0. The molecule has 1 aromatic heterocycles. The summed E-state index contributed by atoms with van der Waals surface area (Å²) in [6.07, 6.45) is 7.10. The van der Waals surface area contributed by atoms with Crippen LogP contribution in [-0.2, 0) is 19.3 Å². The Morgan fingerprint density at radius 3 is 2.83 bits per heavy atom. The van der Waals surface area contributed by atoms with E-state index < -0.39 is 0 Å². The Balaban J connectivity index is 1.57. The standard InChI is InChI=1S/C19H24N2O2/c1-14(12-13-15-8-4-2-5-9-15)20-19(22)18-16-10-6-3-7-11-17(16)23-21-18/h2,4-5,8-9,14H,3,6-7,10-13H2,1H3,(H,20,22). The molecule has 1 N–H and O–H groups in total. The van der Waals surface area contributed by atoms with Gasteiger partial charge in [-0.2, -0.15) is 0 Å². The first-order chi connectivity index (χ1) is 11.2. The predicted octanol–water partition coefficient (Wildman–Crippen LogP) is 3.69. The van der Waals surface area contributed by atoms with E-state index in [4.69, 9.17) is 4.52 Å². The van der Waals surface area contributed by atoms with Gasteiger partial charge in [0.25, 0.3) is 5.91 Å². The Morgan fingerprint density at radius 2 is 2.00 bits per heavy atom. The molecule has 1 aliphatic carbocycles. The number of rotatable bonds is 5. The molecule has 23 heavy (non-hydrogen) atoms. The third-order valence-corrected chi connectivity index (χ3v) is 4.50. The van der Waals surface area contributed by atoms with Crippen LogP contribution in [-0.4, -0.2) is 17.1 Å². The number of aromatic nitrogens is 1. The topological polar surface area (TPSA) is 55.1 Å². The van der Waals surface area contributed by atoms with Crippen molar-refractivity contribution in [1.29, 1.82) is 0 Å². The molecule has 4 nitrogen and oxygen atoms in total. The first-order valence-electron chi connectivity index (χ1n) is 8.56. The van der Waals surface area contributed by atoms with Gasteiger partial charge >= 0.3 is 0 Å². The van der Waals surface area contributed by atoms with Crippen LogP contribution in [0.25, 0.3) is 0 Å². The minimum absolute atomic E-state index is 0.0996. The Kier molecular flexibility index (Phi) is 5.11. The van der Waals surface area contributed by atoms with Crippen molar-refractivity contribution in [2.45, 2.75) is 57.9 Å². The summed E-state index contributed by atoms with van der Waals surface area (Å²) in [5, 5.41) is 7.09. The fourth-order valence-electron chi connectivity index (χ4n) is 3.13. The SMILES string of the molecule is CC(CCc1ccccc1)NC(=O)c1noc2c1CCCCC2. The van der Waals surface area contributed by atoms with Crippen LogP contribution < -0.4 is 5.32 Å². The van der Waals surface area contributed by atoms with E-state index in [-0.39, 0.29) is 11.9 Å². The molecule has 122 valence electrons. The number of hydrogen-bond acceptors (Lipinski definition) is 3. The largest absolute Gasteiger partial charge is 0.360 e. The van der Waals surface area contributed by atoms with Gasteiger partial charge in [0.1, 0.15) is 5.76 Å². The number of carbonyl (C=O) groups excluding carboxylic acids is 1. The molecule has 0 fully saturated rings. The van der Waals surface area contributed by atoms with Gasteiger partial charge < -0.3 is 9.84 Å². The molecule has 0 spiro atoms. The summed E-state index contributed by atoms with van der Waals surface area (Å²) in [4.78, 5) is 12.5. The summed E-state index contributed by atoms with van der Waals surface area (Å²) in [6, 6.07) is 10.5. The Morgan fingerprint density at radius 1 is 1.22 bits per heavy atom. The second-order valence-electron chi connectivity index (χ2n) is 6.39. The van der Waals surface area contributed by atoms with Gasteiger partial charge in [-0.25, -0.2) is 0 Å². The number of hydrogen-bond donors (Lipinski definition) is 1. The van der Waals surface area contributed by atoms with Crippen molar-refractivity contribution >= 4 is 5.91 Å². The van der Waals surface area contributed by atoms with Crippen molar-refractivity contribution < 1.29 is 9.32 Å². The zero-order valence-corrected chi connectivity index (χ0v) is 13.7. The molecule has 1 aliphatic rings. The number of benzene rings is 1. The molecule has 1 heterocycles. The summed E-state index contributed by atoms with van der Waals surface area (Å²) in [5.41, 5.74) is 2.81. The van der Waals surface area contributed by atoms with E-state index in [0.717, 1.165) is 49.8 Å². The second kappa shape index (κ2) is 7.44. The van der Waals surface area contributed by atoms with Crippen LogP contribution in [0.3, 0.4) is 0 Å². The van der Waals surface area contributed by atoms with Gasteiger partial charge in [0.15, 0.2) is 5.69 Å². The monoisotopic (exact) mass is 312 g/mol. The first kappa shape index (κ1) is 15.8. The Labute approximate surface area is 137 Å². The average molecular weight is 312 g/mol. The molecule has 1 unspecified atom stereocenters. The lowest BCUT2D eigenvalue weighted by Gasteiger charge is -2.13. The number of amides is 1. The summed E-state index contributed by atoms with van der Waals surface area (Å²) in [7, 11) is 0. The van der Waals surface area contributed by atoms with Crippen molar-refractivity contribution in [3.63, 3.8) is 0 Å². The number of nitrogens with one attached hydrogen (secondary N) is 1. The number of carbonyl (C=O) groups is 1. The molecule has 0 radical (unpaired) electrons. The fraction of sp³-hybridized carbons (Fsp3) is 0.474. The average Bonchev–Trinajstić information content (AvgIpc) is 2.83. The molecule has 3 rings (SSSR count). The Bertz CT molecular complexity index is 649. The van der Waals surface area contributed by atoms with Crippen LogP contribution in [0.4, 0.5) is 0 Å². The number of aryl methyl sites for hydroxylation is 2. The van der Waals surface area contributed by atoms with Crippen molar-refractivity contribution in [3.8, 4) is 0 Å². The zero-order valence-electron chi connectivity index (χ0n) is 13.7. The highest BCUT2D eigenvalue weighted by Crippen LogP contribution is 2.23. The smallest absolute Gasteiger partial charge is 0.273 e. The predicted molar refractivity (Wildman–Crippen MR) is 89.5 cm³/mol. The highest BCUT2D eigenvalue weighted by atomic mass is 16.5. The van der Waals surface area contributed by atoms with Crippen LogP contribution >= 0.6 is 0 Å². The van der Waals surface area contributed by atoms with Gasteiger partial charge in [0, 0.05) is 18.0 Å². The van der Waals surface area contributed by atoms with E-state index in [2.05, 4.69) is 22.6 Å². The minimum atomic E-state index is -0.0996. The maximum atomic E-state index is 12.5. The number of nitrogens with zero attached hydrogens (tertiary/aromatic N) is 1. The van der Waals surface area contributed by atoms with Crippen molar-refractivity contribution in [3.05, 3.63) is 52.9 Å². The van der Waals surface area contributed by atoms with Gasteiger partial charge in [-0.15, -0.1) is 0 Å². The van der Waals surface area contributed by atoms with E-state index in [0.29, 0.717) is 5.69 Å². The van der Waals surface area contributed by atoms with Gasteiger partial charge in [-0.3, -0.25) is 4.79 Å². The third kappa shape index (κ3) is 4.01. The molecule has 0 aliphatic heterocycles. The first-order valence-corrected chi connectivity index (χ1v) is 8.56. The molecule has 0 bridgehead atoms. The van der Waals surface area contributed by atoms with Crippen LogP contribution in [0, 0.1) is 0 Å². The maximum absolute atomic E-state index is 12.5. The minimum Gasteiger partial charge on any atom is -0.360 e. The molecule has 0 saturated heterocycles. The van der Waals surface area contributed by atoms with Gasteiger partial charge in [0.2, 0.25) is 0 Å². The maximum Gasteiger partial charge on any atom is 0.273 e. The summed E-state index contributed by atoms with van der Waals surface area (Å²) in [5.74, 6) is 0.807. The molecular formula is C19H24N2O2. The highest BCUT2D eigenvalue weighted by molar-refractivity contribution is 5.94. The van der Waals surface area contributed by atoms with Crippen molar-refractivity contribution in [1.82, 2.24) is 10.5 Å². The summed E-state index contributed by atoms with van der Waals surface area (Å²) < 4.78 is 5.39. The van der Waals surface area contributed by atoms with E-state index in [9.17, 15) is 4.79 Å². The van der Waals surface area contributed by atoms with Gasteiger partial charge in [-0.1, -0.05) is 41.9 Å². The van der Waals surface area contributed by atoms with E-state index in [1.807, 2.05) is 25.1 Å². The normalized spacial score (nSPS) is 15.5. The lowest BCUT2D eigenvalue weighted by molar-refractivity contribution is 0.0928. The quantitative estimate of drug-likeness (QED) is 0.857. The Hall–Kier alpha value is -2.10. The third-order valence-electron chi connectivity index (χ3n) is 4.50. The molecule has 1 atom stereocenters. The van der Waals surface area contributed by atoms with E-state index >= 15 is 0 Å². The molecule has 1 aromatic carbocycles. The van der Waals surface area contributed by atoms with E-state index in [1.54, 1.807) is 0 Å². The fourth-order valence-corrected chi connectivity index (χ4v) is 3.13. The molecule has 2 aromatic rings. The number of fused-ring (bicyclic) bond motifs is 1. The van der Waals surface area contributed by atoms with Crippen LogP contribution in [0.15, 0.2) is 34.9 Å². The zero-order chi connectivity index (χ0) is 16.1. The van der Waals surface area contributed by atoms with Crippen molar-refractivity contribution in [2.75, 3.05) is 0 Å². The lowest BCUT2D eigenvalue weighted by atomic mass is 10.1. The van der Waals surface area contributed by atoms with Crippen LogP contribution in [0.1, 0.15) is 60.0 Å². The van der Waals surface area contributed by atoms with Crippen LogP contribution in [0.2, 0.25) is 0 Å². The van der Waals surface area contributed by atoms with Gasteiger partial charge in [0.05, 0.1) is 0 Å². The van der Waals surface area contributed by atoms with Crippen LogP contribution in [0.5, 0.6) is 0 Å². The van der Waals surface area contributed by atoms with Crippen molar-refractivity contribution in [2.24, 2.45) is 0 Å². The molecule has 0 saturated carbocycles. The van der Waals surface area contributed by atoms with E-state index in [1.165, 1.54) is 12.0 Å². The molecular weight excluding hydrogens is 288 g/mol. The second-order valence-corrected chi connectivity index (χ2v) is 6.39. The summed E-state index contributed by atoms with van der Waals surface area (Å²) in [6.45, 7) is 2.04. The van der Waals surface area contributed by atoms with Gasteiger partial charge in [-0.05, 0) is 44.6 Å². The molecule has 1 amide bonds. The highest BCUT2D eigenvalue weighted by Gasteiger charge is 2.23.